The summed E-state index contributed by atoms with van der Waals surface area (Å²) in [7, 11) is 0. The van der Waals surface area contributed by atoms with E-state index in [1.165, 1.54) is 0 Å². The van der Waals surface area contributed by atoms with Crippen LogP contribution in [0.15, 0.2) is 42.5 Å². The lowest BCUT2D eigenvalue weighted by Gasteiger charge is -2.23. The molecule has 0 atom stereocenters. The van der Waals surface area contributed by atoms with Crippen molar-refractivity contribution in [3.63, 3.8) is 0 Å². The molecule has 26 heavy (non-hydrogen) atoms. The molecule has 0 aliphatic rings. The molecule has 0 saturated heterocycles. The molecule has 2 aromatic rings. The van der Waals surface area contributed by atoms with E-state index < -0.39 is 5.41 Å². The highest BCUT2D eigenvalue weighted by atomic mass is 16.5. The van der Waals surface area contributed by atoms with Gasteiger partial charge in [0, 0.05) is 11.4 Å². The number of rotatable bonds is 6. The Morgan fingerprint density at radius 3 is 2.19 bits per heavy atom. The van der Waals surface area contributed by atoms with Gasteiger partial charge in [0.05, 0.1) is 6.61 Å². The van der Waals surface area contributed by atoms with Gasteiger partial charge >= 0.3 is 0 Å². The number of nitrogens with one attached hydrogen (secondary N) is 2. The lowest BCUT2D eigenvalue weighted by molar-refractivity contribution is -0.135. The molecule has 0 unspecified atom stereocenters. The number of benzene rings is 2. The van der Waals surface area contributed by atoms with Gasteiger partial charge in [0.1, 0.15) is 11.2 Å². The Balaban J connectivity index is 2.08. The Bertz CT molecular complexity index is 795. The van der Waals surface area contributed by atoms with Crippen molar-refractivity contribution in [1.29, 1.82) is 0 Å². The number of hydrogen-bond acceptors (Lipinski definition) is 3. The first kappa shape index (κ1) is 19.5. The lowest BCUT2D eigenvalue weighted by atomic mass is 9.90. The van der Waals surface area contributed by atoms with E-state index >= 15 is 0 Å². The maximum atomic E-state index is 12.7. The molecule has 0 aromatic heterocycles. The van der Waals surface area contributed by atoms with Gasteiger partial charge in [0.25, 0.3) is 0 Å². The van der Waals surface area contributed by atoms with E-state index in [2.05, 4.69) is 10.6 Å². The first-order valence-corrected chi connectivity index (χ1v) is 8.67. The molecule has 0 spiro atoms. The molecule has 2 amide bonds. The van der Waals surface area contributed by atoms with Crippen LogP contribution in [0.25, 0.3) is 0 Å². The van der Waals surface area contributed by atoms with Crippen LogP contribution in [0, 0.1) is 19.3 Å². The Labute approximate surface area is 154 Å². The fourth-order valence-corrected chi connectivity index (χ4v) is 2.34. The van der Waals surface area contributed by atoms with Crippen molar-refractivity contribution in [2.75, 3.05) is 17.2 Å². The molecule has 2 aromatic carbocycles. The summed E-state index contributed by atoms with van der Waals surface area (Å²) in [6.45, 7) is 9.58. The zero-order chi connectivity index (χ0) is 19.3. The summed E-state index contributed by atoms with van der Waals surface area (Å²) in [5, 5.41) is 5.65. The third-order valence-corrected chi connectivity index (χ3v) is 4.20. The van der Waals surface area contributed by atoms with Gasteiger partial charge in [-0.3, -0.25) is 9.59 Å². The normalized spacial score (nSPS) is 11.0. The topological polar surface area (TPSA) is 67.4 Å². The minimum atomic E-state index is -1.23. The fraction of sp³-hybridized carbons (Fsp3) is 0.333. The highest BCUT2D eigenvalue weighted by Crippen LogP contribution is 2.24. The van der Waals surface area contributed by atoms with Crippen LogP contribution in [0.4, 0.5) is 11.4 Å². The van der Waals surface area contributed by atoms with Crippen molar-refractivity contribution < 1.29 is 14.3 Å². The molecule has 2 N–H and O–H groups in total. The molecule has 0 aliphatic carbocycles. The van der Waals surface area contributed by atoms with Crippen molar-refractivity contribution in [3.8, 4) is 5.75 Å². The molecule has 0 fully saturated rings. The summed E-state index contributed by atoms with van der Waals surface area (Å²) < 4.78 is 5.38. The van der Waals surface area contributed by atoms with E-state index in [9.17, 15) is 9.59 Å². The third kappa shape index (κ3) is 4.63. The molecule has 2 rings (SSSR count). The van der Waals surface area contributed by atoms with Gasteiger partial charge in [-0.05, 0) is 76.1 Å². The number of carbonyl (C=O) groups is 2. The Kier molecular flexibility index (Phi) is 6.03. The van der Waals surface area contributed by atoms with Gasteiger partial charge in [-0.2, -0.15) is 0 Å². The van der Waals surface area contributed by atoms with Crippen LogP contribution >= 0.6 is 0 Å². The van der Waals surface area contributed by atoms with Crippen molar-refractivity contribution >= 4 is 23.2 Å². The van der Waals surface area contributed by atoms with E-state index in [1.54, 1.807) is 38.1 Å². The van der Waals surface area contributed by atoms with Crippen LogP contribution in [-0.4, -0.2) is 18.4 Å². The third-order valence-electron chi connectivity index (χ3n) is 4.20. The highest BCUT2D eigenvalue weighted by Gasteiger charge is 2.36. The summed E-state index contributed by atoms with van der Waals surface area (Å²) >= 11 is 0. The Morgan fingerprint density at radius 1 is 0.962 bits per heavy atom. The molecular formula is C21H26N2O3. The molecular weight excluding hydrogens is 328 g/mol. The predicted molar refractivity (Wildman–Crippen MR) is 105 cm³/mol. The minimum absolute atomic E-state index is 0.352. The molecule has 138 valence electrons. The standard InChI is InChI=1S/C21H26N2O3/c1-6-26-17-11-9-16(10-12-17)22-19(24)21(4,5)20(25)23-18-13-14(2)7-8-15(18)3/h7-13H,6H2,1-5H3,(H,22,24)(H,23,25). The lowest BCUT2D eigenvalue weighted by Crippen LogP contribution is -2.41. The molecule has 0 saturated carbocycles. The van der Waals surface area contributed by atoms with E-state index in [1.807, 2.05) is 39.0 Å². The van der Waals surface area contributed by atoms with Crippen molar-refractivity contribution in [2.45, 2.75) is 34.6 Å². The van der Waals surface area contributed by atoms with E-state index in [0.29, 0.717) is 12.3 Å². The van der Waals surface area contributed by atoms with Crippen molar-refractivity contribution in [1.82, 2.24) is 0 Å². The number of carbonyl (C=O) groups excluding carboxylic acids is 2. The summed E-state index contributed by atoms with van der Waals surface area (Å²) in [4.78, 5) is 25.3. The number of anilines is 2. The average Bonchev–Trinajstić information content (AvgIpc) is 2.60. The average molecular weight is 354 g/mol. The summed E-state index contributed by atoms with van der Waals surface area (Å²) in [5.41, 5.74) is 2.10. The maximum Gasteiger partial charge on any atom is 0.239 e. The van der Waals surface area contributed by atoms with E-state index in [0.717, 1.165) is 22.6 Å². The summed E-state index contributed by atoms with van der Waals surface area (Å²) in [6.07, 6.45) is 0. The first-order chi connectivity index (χ1) is 12.2. The van der Waals surface area contributed by atoms with Gasteiger partial charge in [-0.1, -0.05) is 12.1 Å². The Morgan fingerprint density at radius 2 is 1.58 bits per heavy atom. The summed E-state index contributed by atoms with van der Waals surface area (Å²) in [5.74, 6) is 0.0107. The second-order valence-electron chi connectivity index (χ2n) is 6.81. The quantitative estimate of drug-likeness (QED) is 0.760. The van der Waals surface area contributed by atoms with E-state index in [-0.39, 0.29) is 11.8 Å². The summed E-state index contributed by atoms with van der Waals surface area (Å²) in [6, 6.07) is 12.9. The highest BCUT2D eigenvalue weighted by molar-refractivity contribution is 6.14. The maximum absolute atomic E-state index is 12.7. The monoisotopic (exact) mass is 354 g/mol. The largest absolute Gasteiger partial charge is 0.494 e. The molecule has 0 heterocycles. The van der Waals surface area contributed by atoms with Gasteiger partial charge < -0.3 is 15.4 Å². The van der Waals surface area contributed by atoms with Crippen LogP contribution in [0.1, 0.15) is 31.9 Å². The fourth-order valence-electron chi connectivity index (χ4n) is 2.34. The van der Waals surface area contributed by atoms with Gasteiger partial charge in [-0.25, -0.2) is 0 Å². The van der Waals surface area contributed by atoms with Crippen LogP contribution in [-0.2, 0) is 9.59 Å². The molecule has 5 heteroatoms. The van der Waals surface area contributed by atoms with Gasteiger partial charge in [-0.15, -0.1) is 0 Å². The molecule has 0 bridgehead atoms. The number of amides is 2. The van der Waals surface area contributed by atoms with Crippen LogP contribution < -0.4 is 15.4 Å². The van der Waals surface area contributed by atoms with Gasteiger partial charge in [0.15, 0.2) is 0 Å². The molecule has 0 radical (unpaired) electrons. The van der Waals surface area contributed by atoms with Gasteiger partial charge in [0.2, 0.25) is 11.8 Å². The second kappa shape index (κ2) is 8.04. The second-order valence-corrected chi connectivity index (χ2v) is 6.81. The zero-order valence-electron chi connectivity index (χ0n) is 16.0. The van der Waals surface area contributed by atoms with Crippen LogP contribution in [0.5, 0.6) is 5.75 Å². The Hall–Kier alpha value is -2.82. The minimum Gasteiger partial charge on any atom is -0.494 e. The van der Waals surface area contributed by atoms with Crippen molar-refractivity contribution in [2.24, 2.45) is 5.41 Å². The van der Waals surface area contributed by atoms with Crippen molar-refractivity contribution in [3.05, 3.63) is 53.6 Å². The number of ether oxygens (including phenoxy) is 1. The van der Waals surface area contributed by atoms with E-state index in [4.69, 9.17) is 4.74 Å². The predicted octanol–water partition coefficient (Wildman–Crippen LogP) is 4.31. The van der Waals surface area contributed by atoms with Crippen LogP contribution in [0.2, 0.25) is 0 Å². The smallest absolute Gasteiger partial charge is 0.239 e. The SMILES string of the molecule is CCOc1ccc(NC(=O)C(C)(C)C(=O)Nc2cc(C)ccc2C)cc1. The number of hydrogen-bond donors (Lipinski definition) is 2. The number of aryl methyl sites for hydroxylation is 2. The molecule has 0 aliphatic heterocycles. The molecule has 5 nitrogen and oxygen atoms in total. The van der Waals surface area contributed by atoms with Crippen LogP contribution in [0.3, 0.4) is 0 Å². The first-order valence-electron chi connectivity index (χ1n) is 8.67. The zero-order valence-corrected chi connectivity index (χ0v) is 16.0.